The van der Waals surface area contributed by atoms with E-state index in [-0.39, 0.29) is 0 Å². The fourth-order valence-electron chi connectivity index (χ4n) is 4.14. The minimum atomic E-state index is -4.24. The van der Waals surface area contributed by atoms with Crippen LogP contribution >= 0.6 is 0 Å². The molecule has 1 aromatic carbocycles. The molecule has 2 amide bonds. The molecule has 2 fully saturated rings. The molecule has 1 N–H and O–H groups in total. The van der Waals surface area contributed by atoms with Gasteiger partial charge in [0.2, 0.25) is 0 Å². The zero-order chi connectivity index (χ0) is 19.2. The van der Waals surface area contributed by atoms with Crippen LogP contribution in [0.2, 0.25) is 0 Å². The van der Waals surface area contributed by atoms with Gasteiger partial charge in [0.1, 0.15) is 0 Å². The van der Waals surface area contributed by atoms with Crippen LogP contribution < -0.4 is 5.32 Å². The molecule has 7 heteroatoms. The van der Waals surface area contributed by atoms with Gasteiger partial charge in [-0.05, 0) is 55.5 Å². The highest BCUT2D eigenvalue weighted by atomic mass is 19.4. The van der Waals surface area contributed by atoms with Gasteiger partial charge in [0.25, 0.3) is 0 Å². The van der Waals surface area contributed by atoms with Gasteiger partial charge in [-0.1, -0.05) is 12.1 Å². The van der Waals surface area contributed by atoms with Gasteiger partial charge in [-0.25, -0.2) is 4.79 Å². The number of urea groups is 1. The normalized spacial score (nSPS) is 24.3. The lowest BCUT2D eigenvalue weighted by Crippen LogP contribution is -2.41. The van der Waals surface area contributed by atoms with Gasteiger partial charge in [-0.15, -0.1) is 0 Å². The van der Waals surface area contributed by atoms with Crippen LogP contribution in [0.5, 0.6) is 0 Å². The lowest BCUT2D eigenvalue weighted by atomic mass is 10.0. The second-order valence-electron chi connectivity index (χ2n) is 7.23. The summed E-state index contributed by atoms with van der Waals surface area (Å²) in [7, 11) is 0. The first-order valence-electron chi connectivity index (χ1n) is 9.02. The maximum Gasteiger partial charge on any atom is 0.394 e. The number of benzene rings is 1. The Bertz CT molecular complexity index is 853. The molecule has 4 rings (SSSR count). The molecule has 2 aliphatic rings. The van der Waals surface area contributed by atoms with Gasteiger partial charge >= 0.3 is 12.2 Å². The van der Waals surface area contributed by atoms with Crippen molar-refractivity contribution in [1.29, 1.82) is 0 Å². The second-order valence-corrected chi connectivity index (χ2v) is 7.23. The number of hydrogen-bond acceptors (Lipinski definition) is 2. The predicted molar refractivity (Wildman–Crippen MR) is 96.2 cm³/mol. The zero-order valence-electron chi connectivity index (χ0n) is 14.8. The van der Waals surface area contributed by atoms with Crippen LogP contribution in [0.3, 0.4) is 0 Å². The molecule has 1 saturated heterocycles. The van der Waals surface area contributed by atoms with Crippen molar-refractivity contribution in [2.45, 2.75) is 32.0 Å². The quantitative estimate of drug-likeness (QED) is 0.815. The van der Waals surface area contributed by atoms with Crippen molar-refractivity contribution < 1.29 is 18.0 Å². The number of halogens is 3. The number of anilines is 1. The van der Waals surface area contributed by atoms with Gasteiger partial charge in [0, 0.05) is 30.0 Å². The number of carbonyl (C=O) groups is 1. The Labute approximate surface area is 155 Å². The number of likely N-dealkylation sites (tertiary alicyclic amines) is 1. The van der Waals surface area contributed by atoms with Crippen molar-refractivity contribution in [1.82, 2.24) is 9.88 Å². The molecule has 1 aliphatic heterocycles. The molecule has 142 valence electrons. The van der Waals surface area contributed by atoms with E-state index in [9.17, 15) is 18.0 Å². The highest BCUT2D eigenvalue weighted by Crippen LogP contribution is 2.57. The largest absolute Gasteiger partial charge is 0.394 e. The Hall–Kier alpha value is -2.57. The average Bonchev–Trinajstić information content (AvgIpc) is 3.39. The molecule has 0 spiro atoms. The molecule has 2 heterocycles. The van der Waals surface area contributed by atoms with E-state index < -0.39 is 30.1 Å². The van der Waals surface area contributed by atoms with Crippen LogP contribution in [-0.4, -0.2) is 34.7 Å². The number of hydrogen-bond donors (Lipinski definition) is 1. The monoisotopic (exact) mass is 375 g/mol. The Morgan fingerprint density at radius 2 is 2.07 bits per heavy atom. The summed E-state index contributed by atoms with van der Waals surface area (Å²) in [6.07, 6.45) is -1.41. The van der Waals surface area contributed by atoms with Gasteiger partial charge in [-0.3, -0.25) is 4.98 Å². The van der Waals surface area contributed by atoms with Crippen molar-refractivity contribution >= 4 is 11.7 Å². The van der Waals surface area contributed by atoms with Crippen molar-refractivity contribution in [3.63, 3.8) is 0 Å². The summed E-state index contributed by atoms with van der Waals surface area (Å²) in [4.78, 5) is 18.3. The number of carbonyl (C=O) groups excluding carboxylic acids is 1. The van der Waals surface area contributed by atoms with Crippen LogP contribution in [0.25, 0.3) is 11.3 Å². The fourth-order valence-corrected chi connectivity index (χ4v) is 4.14. The van der Waals surface area contributed by atoms with Crippen LogP contribution in [0.4, 0.5) is 23.7 Å². The van der Waals surface area contributed by atoms with E-state index in [0.717, 1.165) is 16.8 Å². The molecule has 0 bridgehead atoms. The summed E-state index contributed by atoms with van der Waals surface area (Å²) in [5.74, 6) is -1.83. The van der Waals surface area contributed by atoms with Crippen molar-refractivity contribution in [3.05, 3.63) is 48.2 Å². The van der Waals surface area contributed by atoms with E-state index in [1.807, 2.05) is 37.3 Å². The first-order valence-corrected chi connectivity index (χ1v) is 9.02. The Morgan fingerprint density at radius 1 is 1.26 bits per heavy atom. The number of pyridine rings is 1. The first kappa shape index (κ1) is 17.8. The molecule has 2 aromatic rings. The minimum absolute atomic E-state index is 0.360. The third-order valence-corrected chi connectivity index (χ3v) is 5.49. The van der Waals surface area contributed by atoms with E-state index in [1.54, 1.807) is 12.3 Å². The van der Waals surface area contributed by atoms with Crippen LogP contribution in [0, 0.1) is 18.8 Å². The topological polar surface area (TPSA) is 45.2 Å². The summed E-state index contributed by atoms with van der Waals surface area (Å²) in [6.45, 7) is 2.31. The fraction of sp³-hybridized carbons (Fsp3) is 0.400. The number of fused-ring (bicyclic) bond motifs is 1. The molecule has 4 nitrogen and oxygen atoms in total. The lowest BCUT2D eigenvalue weighted by Gasteiger charge is -2.27. The predicted octanol–water partition coefficient (Wildman–Crippen LogP) is 4.86. The summed E-state index contributed by atoms with van der Waals surface area (Å²) >= 11 is 0. The SMILES string of the molecule is Cc1ccc(NC(=O)N2CCC[C@H]3[C@@H]2[C@H]3C(F)(F)F)cc1-c1ccccn1. The van der Waals surface area contributed by atoms with Crippen LogP contribution in [-0.2, 0) is 0 Å². The average molecular weight is 375 g/mol. The number of nitrogens with one attached hydrogen (secondary N) is 1. The lowest BCUT2D eigenvalue weighted by molar-refractivity contribution is -0.153. The highest BCUT2D eigenvalue weighted by molar-refractivity contribution is 5.91. The zero-order valence-corrected chi connectivity index (χ0v) is 14.8. The molecule has 1 aliphatic carbocycles. The van der Waals surface area contributed by atoms with E-state index in [1.165, 1.54) is 4.90 Å². The number of nitrogens with zero attached hydrogens (tertiary/aromatic N) is 2. The summed E-state index contributed by atoms with van der Waals surface area (Å²) < 4.78 is 39.4. The van der Waals surface area contributed by atoms with E-state index in [2.05, 4.69) is 10.3 Å². The molecule has 3 atom stereocenters. The smallest absolute Gasteiger partial charge is 0.321 e. The molecule has 1 saturated carbocycles. The molecular formula is C20H20F3N3O. The highest BCUT2D eigenvalue weighted by Gasteiger charge is 2.67. The molecule has 27 heavy (non-hydrogen) atoms. The standard InChI is InChI=1S/C20H20F3N3O/c1-12-7-8-13(11-15(12)16-6-2-3-9-24-16)25-19(27)26-10-4-5-14-17(18(14)26)20(21,22)23/h2-3,6-9,11,14,17-18H,4-5,10H2,1H3,(H,25,27)/t14-,17+,18-/m1/s1. The molecule has 1 aromatic heterocycles. The second kappa shape index (κ2) is 6.55. The first-order chi connectivity index (χ1) is 12.9. The Kier molecular flexibility index (Phi) is 4.32. The third kappa shape index (κ3) is 3.38. The van der Waals surface area contributed by atoms with E-state index in [4.69, 9.17) is 0 Å². The van der Waals surface area contributed by atoms with Crippen LogP contribution in [0.15, 0.2) is 42.6 Å². The number of aromatic nitrogens is 1. The maximum atomic E-state index is 13.1. The van der Waals surface area contributed by atoms with E-state index in [0.29, 0.717) is 25.1 Å². The number of alkyl halides is 3. The van der Waals surface area contributed by atoms with Gasteiger partial charge in [0.05, 0.1) is 11.6 Å². The van der Waals surface area contributed by atoms with Gasteiger partial charge in [-0.2, -0.15) is 13.2 Å². The number of amides is 2. The molecule has 0 unspecified atom stereocenters. The Morgan fingerprint density at radius 3 is 2.78 bits per heavy atom. The van der Waals surface area contributed by atoms with Crippen LogP contribution in [0.1, 0.15) is 18.4 Å². The summed E-state index contributed by atoms with van der Waals surface area (Å²) in [6, 6.07) is 9.83. The van der Waals surface area contributed by atoms with Gasteiger partial charge in [0.15, 0.2) is 0 Å². The summed E-state index contributed by atoms with van der Waals surface area (Å²) in [5.41, 5.74) is 3.22. The number of rotatable bonds is 2. The number of aryl methyl sites for hydroxylation is 1. The number of piperidine rings is 1. The van der Waals surface area contributed by atoms with Crippen molar-refractivity contribution in [2.24, 2.45) is 11.8 Å². The minimum Gasteiger partial charge on any atom is -0.321 e. The van der Waals surface area contributed by atoms with E-state index >= 15 is 0 Å². The third-order valence-electron chi connectivity index (χ3n) is 5.49. The van der Waals surface area contributed by atoms with Crippen molar-refractivity contribution in [2.75, 3.05) is 11.9 Å². The maximum absolute atomic E-state index is 13.1. The van der Waals surface area contributed by atoms with Gasteiger partial charge < -0.3 is 10.2 Å². The van der Waals surface area contributed by atoms with Crippen molar-refractivity contribution in [3.8, 4) is 11.3 Å². The molecule has 0 radical (unpaired) electrons. The summed E-state index contributed by atoms with van der Waals surface area (Å²) in [5, 5.41) is 2.77. The Balaban J connectivity index is 1.52. The molecular weight excluding hydrogens is 355 g/mol.